The lowest BCUT2D eigenvalue weighted by Crippen LogP contribution is -2.35. The summed E-state index contributed by atoms with van der Waals surface area (Å²) in [6, 6.07) is 5.66. The van der Waals surface area contributed by atoms with Crippen molar-refractivity contribution in [2.45, 2.75) is 12.5 Å². The van der Waals surface area contributed by atoms with E-state index in [9.17, 15) is 9.59 Å². The molecule has 6 heteroatoms. The van der Waals surface area contributed by atoms with Crippen LogP contribution in [-0.2, 0) is 9.59 Å². The lowest BCUT2D eigenvalue weighted by atomic mass is 9.99. The molecular formula is C14H16N2O4. The lowest BCUT2D eigenvalue weighted by Gasteiger charge is -2.27. The summed E-state index contributed by atoms with van der Waals surface area (Å²) >= 11 is 0. The summed E-state index contributed by atoms with van der Waals surface area (Å²) in [6.07, 6.45) is 0.562. The Labute approximate surface area is 116 Å². The van der Waals surface area contributed by atoms with Gasteiger partial charge >= 0.3 is 5.97 Å². The zero-order valence-corrected chi connectivity index (χ0v) is 11.1. The van der Waals surface area contributed by atoms with Gasteiger partial charge in [0.15, 0.2) is 6.61 Å². The molecule has 2 unspecified atom stereocenters. The normalized spacial score (nSPS) is 25.2. The smallest absolute Gasteiger partial charge is 0.307 e. The molecule has 1 aromatic rings. The van der Waals surface area contributed by atoms with Crippen LogP contribution in [-0.4, -0.2) is 37.2 Å². The molecule has 1 saturated heterocycles. The van der Waals surface area contributed by atoms with E-state index >= 15 is 0 Å². The van der Waals surface area contributed by atoms with Crippen molar-refractivity contribution < 1.29 is 19.4 Å². The number of hydrogen-bond donors (Lipinski definition) is 2. The van der Waals surface area contributed by atoms with E-state index < -0.39 is 5.97 Å². The van der Waals surface area contributed by atoms with Crippen LogP contribution >= 0.6 is 0 Å². The van der Waals surface area contributed by atoms with Crippen LogP contribution in [0.5, 0.6) is 5.75 Å². The number of likely N-dealkylation sites (N-methyl/N-ethyl adjacent to an activating group) is 1. The average Bonchev–Trinajstić information content (AvgIpc) is 2.93. The third kappa shape index (κ3) is 2.12. The minimum atomic E-state index is -0.770. The van der Waals surface area contributed by atoms with Crippen LogP contribution in [0.3, 0.4) is 0 Å². The van der Waals surface area contributed by atoms with Crippen LogP contribution in [0, 0.1) is 5.92 Å². The van der Waals surface area contributed by atoms with Crippen molar-refractivity contribution in [2.24, 2.45) is 5.92 Å². The van der Waals surface area contributed by atoms with Gasteiger partial charge in [0.05, 0.1) is 11.6 Å². The summed E-state index contributed by atoms with van der Waals surface area (Å²) in [5.41, 5.74) is 1.72. The predicted molar refractivity (Wildman–Crippen MR) is 71.8 cm³/mol. The van der Waals surface area contributed by atoms with E-state index in [4.69, 9.17) is 9.84 Å². The first kappa shape index (κ1) is 12.9. The van der Waals surface area contributed by atoms with Crippen LogP contribution in [0.15, 0.2) is 18.2 Å². The van der Waals surface area contributed by atoms with Gasteiger partial charge in [-0.1, -0.05) is 6.07 Å². The van der Waals surface area contributed by atoms with Gasteiger partial charge in [-0.25, -0.2) is 0 Å². The largest absolute Gasteiger partial charge is 0.482 e. The van der Waals surface area contributed by atoms with Gasteiger partial charge < -0.3 is 20.1 Å². The van der Waals surface area contributed by atoms with E-state index in [0.29, 0.717) is 18.7 Å². The molecule has 0 bridgehead atoms. The number of nitrogens with one attached hydrogen (secondary N) is 1. The molecule has 2 heterocycles. The molecule has 1 amide bonds. The van der Waals surface area contributed by atoms with Crippen molar-refractivity contribution >= 4 is 17.6 Å². The first-order valence-electron chi connectivity index (χ1n) is 6.55. The second kappa shape index (κ2) is 4.79. The van der Waals surface area contributed by atoms with Crippen LogP contribution < -0.4 is 15.0 Å². The van der Waals surface area contributed by atoms with Crippen molar-refractivity contribution in [3.63, 3.8) is 0 Å². The first-order chi connectivity index (χ1) is 9.56. The van der Waals surface area contributed by atoms with Crippen LogP contribution in [0.1, 0.15) is 18.0 Å². The zero-order valence-electron chi connectivity index (χ0n) is 11.1. The molecule has 20 heavy (non-hydrogen) atoms. The fourth-order valence-corrected chi connectivity index (χ4v) is 2.68. The third-order valence-corrected chi connectivity index (χ3v) is 3.95. The Balaban J connectivity index is 1.86. The summed E-state index contributed by atoms with van der Waals surface area (Å²) in [5.74, 6) is -0.527. The standard InChI is InChI=1S/C14H16N2O4/c1-16-11-5-8(2-3-12(11)20-7-13(16)17)10-4-9(6-15-10)14(18)19/h2-3,5,9-10,15H,4,6-7H2,1H3,(H,18,19). The summed E-state index contributed by atoms with van der Waals surface area (Å²) in [6.45, 7) is 0.536. The predicted octanol–water partition coefficient (Wildman–Crippen LogP) is 0.777. The minimum absolute atomic E-state index is 0.00632. The van der Waals surface area contributed by atoms with Gasteiger partial charge in [-0.3, -0.25) is 9.59 Å². The molecule has 106 valence electrons. The summed E-state index contributed by atoms with van der Waals surface area (Å²) in [5, 5.41) is 12.2. The van der Waals surface area contributed by atoms with Crippen LogP contribution in [0.25, 0.3) is 0 Å². The molecule has 0 aromatic heterocycles. The molecule has 2 aliphatic rings. The van der Waals surface area contributed by atoms with E-state index in [2.05, 4.69) is 5.32 Å². The maximum atomic E-state index is 11.6. The number of anilines is 1. The number of fused-ring (bicyclic) bond motifs is 1. The number of hydrogen-bond acceptors (Lipinski definition) is 4. The maximum Gasteiger partial charge on any atom is 0.307 e. The monoisotopic (exact) mass is 276 g/mol. The van der Waals surface area contributed by atoms with Crippen molar-refractivity contribution in [2.75, 3.05) is 25.1 Å². The number of rotatable bonds is 2. The van der Waals surface area contributed by atoms with Gasteiger partial charge in [0.25, 0.3) is 5.91 Å². The molecule has 2 N–H and O–H groups in total. The SMILES string of the molecule is CN1C(=O)COc2ccc(C3CC(C(=O)O)CN3)cc21. The van der Waals surface area contributed by atoms with E-state index in [1.807, 2.05) is 18.2 Å². The Hall–Kier alpha value is -2.08. The van der Waals surface area contributed by atoms with Gasteiger partial charge in [0.2, 0.25) is 0 Å². The van der Waals surface area contributed by atoms with Crippen LogP contribution in [0.2, 0.25) is 0 Å². The molecule has 0 aliphatic carbocycles. The first-order valence-corrected chi connectivity index (χ1v) is 6.55. The number of carbonyl (C=O) groups excluding carboxylic acids is 1. The number of nitrogens with zero attached hydrogens (tertiary/aromatic N) is 1. The topological polar surface area (TPSA) is 78.9 Å². The number of ether oxygens (including phenoxy) is 1. The highest BCUT2D eigenvalue weighted by molar-refractivity contribution is 5.97. The molecular weight excluding hydrogens is 260 g/mol. The van der Waals surface area contributed by atoms with E-state index in [-0.39, 0.29) is 24.5 Å². The van der Waals surface area contributed by atoms with E-state index in [1.54, 1.807) is 11.9 Å². The third-order valence-electron chi connectivity index (χ3n) is 3.95. The highest BCUT2D eigenvalue weighted by Gasteiger charge is 2.31. The fraction of sp³-hybridized carbons (Fsp3) is 0.429. The molecule has 1 aromatic carbocycles. The Morgan fingerprint density at radius 1 is 1.50 bits per heavy atom. The molecule has 0 radical (unpaired) electrons. The van der Waals surface area contributed by atoms with Crippen molar-refractivity contribution in [1.29, 1.82) is 0 Å². The number of carboxylic acids is 1. The molecule has 2 aliphatic heterocycles. The van der Waals surface area contributed by atoms with E-state index in [0.717, 1.165) is 11.3 Å². The quantitative estimate of drug-likeness (QED) is 0.834. The molecule has 0 saturated carbocycles. The molecule has 2 atom stereocenters. The second-order valence-corrected chi connectivity index (χ2v) is 5.20. The van der Waals surface area contributed by atoms with Gasteiger partial charge in [0, 0.05) is 19.6 Å². The molecule has 0 spiro atoms. The highest BCUT2D eigenvalue weighted by Crippen LogP contribution is 2.36. The number of carbonyl (C=O) groups is 2. The summed E-state index contributed by atoms with van der Waals surface area (Å²) < 4.78 is 5.38. The van der Waals surface area contributed by atoms with Gasteiger partial charge in [-0.15, -0.1) is 0 Å². The Morgan fingerprint density at radius 2 is 2.30 bits per heavy atom. The van der Waals surface area contributed by atoms with Crippen molar-refractivity contribution in [1.82, 2.24) is 5.32 Å². The minimum Gasteiger partial charge on any atom is -0.482 e. The molecule has 1 fully saturated rings. The number of amides is 1. The van der Waals surface area contributed by atoms with Gasteiger partial charge in [0.1, 0.15) is 5.75 Å². The van der Waals surface area contributed by atoms with Crippen molar-refractivity contribution in [3.8, 4) is 5.75 Å². The number of benzene rings is 1. The van der Waals surface area contributed by atoms with Gasteiger partial charge in [-0.2, -0.15) is 0 Å². The lowest BCUT2D eigenvalue weighted by molar-refractivity contribution is -0.141. The Morgan fingerprint density at radius 3 is 3.00 bits per heavy atom. The zero-order chi connectivity index (χ0) is 14.3. The fourth-order valence-electron chi connectivity index (χ4n) is 2.68. The Kier molecular flexibility index (Phi) is 3.10. The highest BCUT2D eigenvalue weighted by atomic mass is 16.5. The molecule has 6 nitrogen and oxygen atoms in total. The number of carboxylic acid groups (broad SMARTS) is 1. The van der Waals surface area contributed by atoms with Crippen LogP contribution in [0.4, 0.5) is 5.69 Å². The van der Waals surface area contributed by atoms with E-state index in [1.165, 1.54) is 0 Å². The average molecular weight is 276 g/mol. The Bertz CT molecular complexity index is 572. The van der Waals surface area contributed by atoms with Crippen molar-refractivity contribution in [3.05, 3.63) is 23.8 Å². The maximum absolute atomic E-state index is 11.6. The number of aliphatic carboxylic acids is 1. The van der Waals surface area contributed by atoms with Gasteiger partial charge in [-0.05, 0) is 24.1 Å². The summed E-state index contributed by atoms with van der Waals surface area (Å²) in [7, 11) is 1.72. The second-order valence-electron chi connectivity index (χ2n) is 5.20. The molecule has 3 rings (SSSR count). The summed E-state index contributed by atoms with van der Waals surface area (Å²) in [4.78, 5) is 24.2.